The normalized spacial score (nSPS) is 11.5. The van der Waals surface area contributed by atoms with Gasteiger partial charge >= 0.3 is 5.97 Å². The maximum atomic E-state index is 12.0. The first-order valence-electron chi connectivity index (χ1n) is 7.00. The van der Waals surface area contributed by atoms with E-state index < -0.39 is 0 Å². The average molecular weight is 311 g/mol. The number of hydrogen-bond donors (Lipinski definition) is 0. The van der Waals surface area contributed by atoms with Gasteiger partial charge in [-0.3, -0.25) is 4.79 Å². The second-order valence-corrected chi connectivity index (χ2v) is 6.18. The van der Waals surface area contributed by atoms with Crippen molar-refractivity contribution < 1.29 is 9.53 Å². The Morgan fingerprint density at radius 3 is 2.45 bits per heavy atom. The number of nitriles is 1. The molecule has 0 fully saturated rings. The Morgan fingerprint density at radius 1 is 1.14 bits per heavy atom. The molecular weight excluding hydrogens is 294 g/mol. The largest absolute Gasteiger partial charge is 0.460 e. The van der Waals surface area contributed by atoms with E-state index in [4.69, 9.17) is 10.00 Å². The van der Waals surface area contributed by atoms with Crippen molar-refractivity contribution >= 4 is 17.7 Å². The monoisotopic (exact) mass is 311 g/mol. The van der Waals surface area contributed by atoms with E-state index in [0.717, 1.165) is 11.3 Å². The number of carbonyl (C=O) groups is 1. The van der Waals surface area contributed by atoms with Crippen molar-refractivity contribution in [2.24, 2.45) is 0 Å². The molecular formula is C18H17NO2S. The third-order valence-corrected chi connectivity index (χ3v) is 4.33. The summed E-state index contributed by atoms with van der Waals surface area (Å²) in [6.07, 6.45) is 0. The highest BCUT2D eigenvalue weighted by atomic mass is 32.2. The first-order chi connectivity index (χ1) is 10.7. The zero-order valence-corrected chi connectivity index (χ0v) is 13.2. The van der Waals surface area contributed by atoms with E-state index in [1.807, 2.05) is 37.3 Å². The number of benzene rings is 2. The predicted octanol–water partition coefficient (Wildman–Crippen LogP) is 3.92. The van der Waals surface area contributed by atoms with Gasteiger partial charge in [0.15, 0.2) is 0 Å². The van der Waals surface area contributed by atoms with Crippen LogP contribution in [-0.4, -0.2) is 11.2 Å². The lowest BCUT2D eigenvalue weighted by atomic mass is 10.2. The van der Waals surface area contributed by atoms with Crippen molar-refractivity contribution in [3.05, 3.63) is 71.3 Å². The van der Waals surface area contributed by atoms with Crippen LogP contribution in [0, 0.1) is 11.3 Å². The average Bonchev–Trinajstić information content (AvgIpc) is 2.58. The predicted molar refractivity (Wildman–Crippen MR) is 88.2 cm³/mol. The van der Waals surface area contributed by atoms with E-state index in [9.17, 15) is 4.79 Å². The molecule has 0 heterocycles. The molecule has 0 aliphatic rings. The molecule has 0 spiro atoms. The highest BCUT2D eigenvalue weighted by Crippen LogP contribution is 2.19. The molecule has 0 radical (unpaired) electrons. The summed E-state index contributed by atoms with van der Waals surface area (Å²) >= 11 is 1.56. The highest BCUT2D eigenvalue weighted by molar-refractivity contribution is 7.99. The van der Waals surface area contributed by atoms with Crippen LogP contribution in [0.5, 0.6) is 0 Å². The van der Waals surface area contributed by atoms with Gasteiger partial charge in [-0.25, -0.2) is 0 Å². The number of esters is 1. The molecule has 0 amide bonds. The van der Waals surface area contributed by atoms with Gasteiger partial charge in [0.1, 0.15) is 6.61 Å². The molecule has 0 N–H and O–H groups in total. The van der Waals surface area contributed by atoms with Crippen LogP contribution in [0.4, 0.5) is 0 Å². The molecule has 0 aliphatic heterocycles. The van der Waals surface area contributed by atoms with Crippen LogP contribution in [0.1, 0.15) is 23.6 Å². The Morgan fingerprint density at radius 2 is 1.82 bits per heavy atom. The van der Waals surface area contributed by atoms with Crippen molar-refractivity contribution in [2.75, 3.05) is 0 Å². The van der Waals surface area contributed by atoms with Crippen LogP contribution in [0.25, 0.3) is 0 Å². The highest BCUT2D eigenvalue weighted by Gasteiger charge is 2.15. The molecule has 1 atom stereocenters. The molecule has 2 rings (SSSR count). The molecule has 2 aromatic carbocycles. The minimum atomic E-state index is -0.217. The summed E-state index contributed by atoms with van der Waals surface area (Å²) in [4.78, 5) is 12.0. The Bertz CT molecular complexity index is 647. The Labute approximate surface area is 134 Å². The number of nitrogens with zero attached hydrogens (tertiary/aromatic N) is 1. The summed E-state index contributed by atoms with van der Waals surface area (Å²) in [6, 6.07) is 19.1. The van der Waals surface area contributed by atoms with E-state index >= 15 is 0 Å². The van der Waals surface area contributed by atoms with Gasteiger partial charge in [0.05, 0.1) is 16.9 Å². The van der Waals surface area contributed by atoms with Crippen LogP contribution in [0.3, 0.4) is 0 Å². The van der Waals surface area contributed by atoms with Crippen LogP contribution in [0.15, 0.2) is 54.6 Å². The first kappa shape index (κ1) is 16.1. The molecule has 0 aliphatic carbocycles. The maximum Gasteiger partial charge on any atom is 0.319 e. The molecule has 1 unspecified atom stereocenters. The molecule has 4 heteroatoms. The van der Waals surface area contributed by atoms with Gasteiger partial charge < -0.3 is 4.74 Å². The fraction of sp³-hybridized carbons (Fsp3) is 0.222. The summed E-state index contributed by atoms with van der Waals surface area (Å²) < 4.78 is 5.31. The summed E-state index contributed by atoms with van der Waals surface area (Å²) in [6.45, 7) is 2.09. The summed E-state index contributed by atoms with van der Waals surface area (Å²) in [5.41, 5.74) is 2.67. The lowest BCUT2D eigenvalue weighted by molar-refractivity contribution is -0.143. The van der Waals surface area contributed by atoms with Gasteiger partial charge in [-0.05, 0) is 30.2 Å². The van der Waals surface area contributed by atoms with Gasteiger partial charge in [-0.2, -0.15) is 5.26 Å². The fourth-order valence-corrected chi connectivity index (χ4v) is 2.65. The number of ether oxygens (including phenoxy) is 1. The Hall–Kier alpha value is -2.25. The molecule has 0 aromatic heterocycles. The zero-order valence-electron chi connectivity index (χ0n) is 12.4. The molecule has 22 heavy (non-hydrogen) atoms. The molecule has 0 saturated carbocycles. The van der Waals surface area contributed by atoms with Crippen LogP contribution >= 0.6 is 11.8 Å². The van der Waals surface area contributed by atoms with Gasteiger partial charge in [0.2, 0.25) is 0 Å². The smallest absolute Gasteiger partial charge is 0.319 e. The number of thioether (sulfide) groups is 1. The summed E-state index contributed by atoms with van der Waals surface area (Å²) in [7, 11) is 0. The van der Waals surface area contributed by atoms with E-state index in [2.05, 4.69) is 6.07 Å². The minimum Gasteiger partial charge on any atom is -0.460 e. The first-order valence-corrected chi connectivity index (χ1v) is 8.05. The fourth-order valence-electron chi connectivity index (χ4n) is 1.81. The van der Waals surface area contributed by atoms with Crippen LogP contribution in [-0.2, 0) is 21.9 Å². The Kier molecular flexibility index (Phi) is 6.05. The van der Waals surface area contributed by atoms with E-state index in [-0.39, 0.29) is 17.8 Å². The van der Waals surface area contributed by atoms with Crippen molar-refractivity contribution in [1.82, 2.24) is 0 Å². The van der Waals surface area contributed by atoms with Crippen molar-refractivity contribution in [3.8, 4) is 6.07 Å². The van der Waals surface area contributed by atoms with Gasteiger partial charge in [-0.15, -0.1) is 11.8 Å². The third-order valence-electron chi connectivity index (χ3n) is 3.14. The summed E-state index contributed by atoms with van der Waals surface area (Å²) in [5.74, 6) is 0.568. The second-order valence-electron chi connectivity index (χ2n) is 4.86. The van der Waals surface area contributed by atoms with E-state index in [0.29, 0.717) is 5.56 Å². The number of hydrogen-bond acceptors (Lipinski definition) is 4. The molecule has 0 bridgehead atoms. The standard InChI is InChI=1S/C18H17NO2S/c1-14(22-13-17-5-3-2-4-6-17)18(20)21-12-16-9-7-15(11-19)8-10-16/h2-10,14H,12-13H2,1H3. The lowest BCUT2D eigenvalue weighted by Crippen LogP contribution is -2.17. The van der Waals surface area contributed by atoms with E-state index in [1.54, 1.807) is 36.0 Å². The van der Waals surface area contributed by atoms with Gasteiger partial charge in [0.25, 0.3) is 0 Å². The van der Waals surface area contributed by atoms with Gasteiger partial charge in [-0.1, -0.05) is 42.5 Å². The molecule has 3 nitrogen and oxygen atoms in total. The maximum absolute atomic E-state index is 12.0. The Balaban J connectivity index is 1.77. The topological polar surface area (TPSA) is 50.1 Å². The lowest BCUT2D eigenvalue weighted by Gasteiger charge is -2.11. The third kappa shape index (κ3) is 4.94. The quantitative estimate of drug-likeness (QED) is 0.759. The van der Waals surface area contributed by atoms with Gasteiger partial charge in [0, 0.05) is 5.75 Å². The van der Waals surface area contributed by atoms with Crippen LogP contribution in [0.2, 0.25) is 0 Å². The number of carbonyl (C=O) groups excluding carboxylic acids is 1. The van der Waals surface area contributed by atoms with Crippen molar-refractivity contribution in [1.29, 1.82) is 5.26 Å². The second kappa shape index (κ2) is 8.26. The SMILES string of the molecule is CC(SCc1ccccc1)C(=O)OCc1ccc(C#N)cc1. The van der Waals surface area contributed by atoms with E-state index in [1.165, 1.54) is 5.56 Å². The molecule has 2 aromatic rings. The van der Waals surface area contributed by atoms with Crippen molar-refractivity contribution in [3.63, 3.8) is 0 Å². The molecule has 112 valence electrons. The van der Waals surface area contributed by atoms with Crippen molar-refractivity contribution in [2.45, 2.75) is 24.5 Å². The van der Waals surface area contributed by atoms with Crippen LogP contribution < -0.4 is 0 Å². The minimum absolute atomic E-state index is 0.210. The molecule has 0 saturated heterocycles. The number of rotatable bonds is 6. The zero-order chi connectivity index (χ0) is 15.8. The summed E-state index contributed by atoms with van der Waals surface area (Å²) in [5, 5.41) is 8.52.